The van der Waals surface area contributed by atoms with Crippen molar-refractivity contribution in [3.05, 3.63) is 166 Å². The largest absolute Gasteiger partial charge is 0.507 e. The molecule has 3 N–H and O–H groups in total. The average molecular weight is 567 g/mol. The summed E-state index contributed by atoms with van der Waals surface area (Å²) in [5.41, 5.74) is 3.30. The molecule has 0 fully saturated rings. The summed E-state index contributed by atoms with van der Waals surface area (Å²) < 4.78 is 6.72. The first-order valence-electron chi connectivity index (χ1n) is 13.6. The van der Waals surface area contributed by atoms with Gasteiger partial charge >= 0.3 is 0 Å². The first kappa shape index (κ1) is 25.6. The highest BCUT2D eigenvalue weighted by molar-refractivity contribution is 7.11. The van der Waals surface area contributed by atoms with Gasteiger partial charge in [-0.05, 0) is 63.7 Å². The van der Waals surface area contributed by atoms with Crippen molar-refractivity contribution in [2.24, 2.45) is 0 Å². The molecule has 1 aromatic heterocycles. The molecule has 5 nitrogen and oxygen atoms in total. The number of ether oxygens (including phenoxy) is 1. The van der Waals surface area contributed by atoms with Crippen LogP contribution >= 0.6 is 11.3 Å². The van der Waals surface area contributed by atoms with E-state index in [2.05, 4.69) is 53.1 Å². The highest BCUT2D eigenvalue weighted by Gasteiger charge is 2.46. The van der Waals surface area contributed by atoms with Crippen molar-refractivity contribution in [3.63, 3.8) is 0 Å². The lowest BCUT2D eigenvalue weighted by Crippen LogP contribution is -2.40. The molecule has 204 valence electrons. The summed E-state index contributed by atoms with van der Waals surface area (Å²) in [7, 11) is 0. The molecule has 7 rings (SSSR count). The van der Waals surface area contributed by atoms with E-state index in [-0.39, 0.29) is 17.5 Å². The Hall–Kier alpha value is -5.33. The van der Waals surface area contributed by atoms with Crippen LogP contribution in [0.5, 0.6) is 5.75 Å². The van der Waals surface area contributed by atoms with E-state index in [1.807, 2.05) is 72.1 Å². The number of para-hydroxylation sites is 1. The maximum absolute atomic E-state index is 13.3. The molecule has 42 heavy (non-hydrogen) atoms. The predicted molar refractivity (Wildman–Crippen MR) is 168 cm³/mol. The molecule has 0 spiro atoms. The molecule has 6 heteroatoms. The number of fused-ring (bicyclic) bond motifs is 1. The van der Waals surface area contributed by atoms with E-state index in [1.165, 1.54) is 22.1 Å². The number of hydrogen-bond donors (Lipinski definition) is 3. The number of nitrogens with one attached hydrogen (secondary N) is 2. The lowest BCUT2D eigenvalue weighted by molar-refractivity contribution is 0.0308. The molecule has 0 saturated heterocycles. The van der Waals surface area contributed by atoms with E-state index in [1.54, 1.807) is 24.3 Å². The van der Waals surface area contributed by atoms with E-state index < -0.39 is 5.72 Å². The summed E-state index contributed by atoms with van der Waals surface area (Å²) >= 11 is 1.53. The van der Waals surface area contributed by atoms with Crippen molar-refractivity contribution in [3.8, 4) is 16.9 Å². The molecule has 0 radical (unpaired) electrons. The molecule has 2 heterocycles. The summed E-state index contributed by atoms with van der Waals surface area (Å²) in [6.45, 7) is 0. The molecule has 1 aliphatic heterocycles. The van der Waals surface area contributed by atoms with E-state index >= 15 is 0 Å². The van der Waals surface area contributed by atoms with Gasteiger partial charge in [0, 0.05) is 11.1 Å². The number of hydrogen-bond acceptors (Lipinski definition) is 5. The molecule has 5 aromatic carbocycles. The zero-order valence-corrected chi connectivity index (χ0v) is 23.3. The van der Waals surface area contributed by atoms with Crippen molar-refractivity contribution in [2.75, 3.05) is 0 Å². The fourth-order valence-corrected chi connectivity index (χ4v) is 6.08. The maximum atomic E-state index is 13.3. The second-order valence-electron chi connectivity index (χ2n) is 10.1. The second-order valence-corrected chi connectivity index (χ2v) is 11.0. The van der Waals surface area contributed by atoms with Gasteiger partial charge in [0.25, 0.3) is 5.91 Å². The number of benzene rings is 5. The Kier molecular flexibility index (Phi) is 6.45. The van der Waals surface area contributed by atoms with E-state index in [0.29, 0.717) is 16.8 Å². The molecule has 0 saturated carbocycles. The maximum Gasteiger partial charge on any atom is 0.258 e. The van der Waals surface area contributed by atoms with Crippen LogP contribution in [0.1, 0.15) is 26.4 Å². The second kappa shape index (κ2) is 10.6. The van der Waals surface area contributed by atoms with Crippen LogP contribution in [0.25, 0.3) is 27.6 Å². The Morgan fingerprint density at radius 1 is 0.738 bits per heavy atom. The summed E-state index contributed by atoms with van der Waals surface area (Å²) in [5.74, 6) is 0.0686. The van der Waals surface area contributed by atoms with Gasteiger partial charge in [0.15, 0.2) is 0 Å². The van der Waals surface area contributed by atoms with Crippen molar-refractivity contribution in [1.29, 1.82) is 0 Å². The van der Waals surface area contributed by atoms with Gasteiger partial charge in [-0.15, -0.1) is 11.3 Å². The monoisotopic (exact) mass is 566 g/mol. The predicted octanol–water partition coefficient (Wildman–Crippen LogP) is 7.85. The Morgan fingerprint density at radius 2 is 1.45 bits per heavy atom. The Balaban J connectivity index is 1.31. The van der Waals surface area contributed by atoms with Crippen LogP contribution in [0.15, 0.2) is 145 Å². The number of carbonyl (C=O) groups is 1. The highest BCUT2D eigenvalue weighted by Crippen LogP contribution is 2.45. The average Bonchev–Trinajstić information content (AvgIpc) is 3.71. The van der Waals surface area contributed by atoms with Crippen LogP contribution < -0.4 is 10.6 Å². The summed E-state index contributed by atoms with van der Waals surface area (Å²) in [4.78, 5) is 14.2. The zero-order chi connectivity index (χ0) is 28.5. The van der Waals surface area contributed by atoms with Gasteiger partial charge in [-0.3, -0.25) is 10.1 Å². The number of phenols is 1. The van der Waals surface area contributed by atoms with E-state index in [0.717, 1.165) is 21.6 Å². The molecular weight excluding hydrogens is 540 g/mol. The van der Waals surface area contributed by atoms with Crippen LogP contribution in [0.3, 0.4) is 0 Å². The number of rotatable bonds is 6. The number of aromatic hydroxyl groups is 1. The smallest absolute Gasteiger partial charge is 0.258 e. The minimum absolute atomic E-state index is 0.0739. The molecule has 0 aliphatic carbocycles. The first-order valence-corrected chi connectivity index (χ1v) is 14.5. The van der Waals surface area contributed by atoms with Crippen LogP contribution in [0, 0.1) is 0 Å². The standard InChI is InChI=1S/C36H26N2O3S/c39-31-14-7-6-13-30(31)36(29-20-18-25(19-21-29)28-17-16-24-9-4-5-12-27(24)23-28)38-33(32-15-8-22-42-32)35(41-36)37-34(40)26-10-2-1-3-11-26/h1-23,38-39H,(H,37,40). The number of thiophene rings is 1. The fraction of sp³-hybridized carbons (Fsp3) is 0.0278. The third-order valence-electron chi connectivity index (χ3n) is 7.47. The van der Waals surface area contributed by atoms with Gasteiger partial charge in [0.1, 0.15) is 11.4 Å². The minimum atomic E-state index is -1.30. The van der Waals surface area contributed by atoms with Gasteiger partial charge in [0.05, 0.1) is 10.4 Å². The lowest BCUT2D eigenvalue weighted by Gasteiger charge is -2.32. The molecule has 1 unspecified atom stereocenters. The van der Waals surface area contributed by atoms with Gasteiger partial charge in [-0.25, -0.2) is 0 Å². The van der Waals surface area contributed by atoms with Crippen LogP contribution in [-0.4, -0.2) is 11.0 Å². The third kappa shape index (κ3) is 4.58. The minimum Gasteiger partial charge on any atom is -0.507 e. The summed E-state index contributed by atoms with van der Waals surface area (Å²) in [6.07, 6.45) is 0. The Morgan fingerprint density at radius 3 is 2.21 bits per heavy atom. The Bertz CT molecular complexity index is 1930. The molecular formula is C36H26N2O3S. The van der Waals surface area contributed by atoms with Crippen LogP contribution in [0.2, 0.25) is 0 Å². The van der Waals surface area contributed by atoms with Crippen molar-refractivity contribution in [2.45, 2.75) is 5.72 Å². The van der Waals surface area contributed by atoms with Gasteiger partial charge in [0.2, 0.25) is 11.6 Å². The summed E-state index contributed by atoms with van der Waals surface area (Å²) in [5, 5.41) is 22.0. The number of carbonyl (C=O) groups excluding carboxylic acids is 1. The van der Waals surface area contributed by atoms with Gasteiger partial charge in [-0.2, -0.15) is 0 Å². The van der Waals surface area contributed by atoms with E-state index in [4.69, 9.17) is 4.74 Å². The molecule has 1 amide bonds. The normalized spacial score (nSPS) is 16.2. The number of phenolic OH excluding ortho intramolecular Hbond substituents is 1. The first-order chi connectivity index (χ1) is 20.6. The third-order valence-corrected chi connectivity index (χ3v) is 8.36. The molecule has 1 aliphatic rings. The van der Waals surface area contributed by atoms with Crippen molar-refractivity contribution >= 4 is 33.7 Å². The van der Waals surface area contributed by atoms with E-state index in [9.17, 15) is 9.90 Å². The van der Waals surface area contributed by atoms with Gasteiger partial charge in [-0.1, -0.05) is 97.1 Å². The van der Waals surface area contributed by atoms with Gasteiger partial charge < -0.3 is 15.2 Å². The quantitative estimate of drug-likeness (QED) is 0.192. The topological polar surface area (TPSA) is 70.6 Å². The fourth-order valence-electron chi connectivity index (χ4n) is 5.36. The molecule has 1 atom stereocenters. The van der Waals surface area contributed by atoms with Crippen LogP contribution in [-0.2, 0) is 10.5 Å². The Labute approximate surface area is 247 Å². The highest BCUT2D eigenvalue weighted by atomic mass is 32.1. The lowest BCUT2D eigenvalue weighted by atomic mass is 9.91. The molecule has 0 bridgehead atoms. The summed E-state index contributed by atoms with van der Waals surface area (Å²) in [6, 6.07) is 42.9. The number of amides is 1. The SMILES string of the molecule is O=C(NC1=C(c2cccs2)NC(c2ccc(-c3ccc4ccccc4c3)cc2)(c2ccccc2O)O1)c1ccccc1. The van der Waals surface area contributed by atoms with Crippen molar-refractivity contribution in [1.82, 2.24) is 10.6 Å². The zero-order valence-electron chi connectivity index (χ0n) is 22.5. The van der Waals surface area contributed by atoms with Crippen LogP contribution in [0.4, 0.5) is 0 Å². The van der Waals surface area contributed by atoms with Crippen molar-refractivity contribution < 1.29 is 14.6 Å². The molecule has 6 aromatic rings.